The van der Waals surface area contributed by atoms with E-state index in [0.29, 0.717) is 5.69 Å². The van der Waals surface area contributed by atoms with Gasteiger partial charge in [0.25, 0.3) is 0 Å². The first-order valence-corrected chi connectivity index (χ1v) is 6.41. The van der Waals surface area contributed by atoms with Crippen molar-refractivity contribution in [3.8, 4) is 0 Å². The van der Waals surface area contributed by atoms with Gasteiger partial charge in [0.2, 0.25) is 0 Å². The van der Waals surface area contributed by atoms with Crippen LogP contribution in [0.2, 0.25) is 0 Å². The molecule has 0 fully saturated rings. The predicted molar refractivity (Wildman–Crippen MR) is 75.0 cm³/mol. The van der Waals surface area contributed by atoms with E-state index in [2.05, 4.69) is 28.5 Å². The summed E-state index contributed by atoms with van der Waals surface area (Å²) >= 11 is 0. The molecule has 0 aliphatic heterocycles. The zero-order valence-corrected chi connectivity index (χ0v) is 10.3. The van der Waals surface area contributed by atoms with E-state index in [0.717, 1.165) is 12.1 Å². The summed E-state index contributed by atoms with van der Waals surface area (Å²) in [4.78, 5) is 4.10. The molecule has 3 rings (SSSR count). The van der Waals surface area contributed by atoms with Crippen molar-refractivity contribution in [1.82, 2.24) is 4.98 Å². The van der Waals surface area contributed by atoms with Crippen LogP contribution in [0.25, 0.3) is 0 Å². The molecule has 0 unspecified atom stereocenters. The molecule has 3 heteroatoms. The molecule has 0 spiro atoms. The average Bonchev–Trinajstić information content (AvgIpc) is 2.39. The number of nitrogens with zero attached hydrogens (tertiary/aromatic N) is 1. The molecule has 1 aliphatic carbocycles. The smallest absolute Gasteiger partial charge is 0.0591 e. The Kier molecular flexibility index (Phi) is 2.89. The predicted octanol–water partition coefficient (Wildman–Crippen LogP) is 3.29. The lowest BCUT2D eigenvalue weighted by atomic mass is 9.90. The molecule has 1 aliphatic rings. The Hall–Kier alpha value is -2.03. The second-order valence-corrected chi connectivity index (χ2v) is 4.78. The Morgan fingerprint density at radius 1 is 1.11 bits per heavy atom. The van der Waals surface area contributed by atoms with E-state index in [1.54, 1.807) is 12.4 Å². The van der Waals surface area contributed by atoms with Crippen LogP contribution in [-0.2, 0) is 12.8 Å². The third-order valence-corrected chi connectivity index (χ3v) is 3.43. The molecule has 1 aromatic heterocycles. The molecule has 0 saturated heterocycles. The van der Waals surface area contributed by atoms with Crippen molar-refractivity contribution in [3.05, 3.63) is 47.8 Å². The highest BCUT2D eigenvalue weighted by atomic mass is 14.9. The number of nitrogens with one attached hydrogen (secondary N) is 1. The highest BCUT2D eigenvalue weighted by Gasteiger charge is 2.12. The second-order valence-electron chi connectivity index (χ2n) is 4.78. The minimum absolute atomic E-state index is 0.685. The zero-order valence-electron chi connectivity index (χ0n) is 10.3. The van der Waals surface area contributed by atoms with E-state index in [1.165, 1.54) is 36.1 Å². The van der Waals surface area contributed by atoms with Crippen molar-refractivity contribution in [2.45, 2.75) is 25.7 Å². The van der Waals surface area contributed by atoms with Crippen LogP contribution in [0.3, 0.4) is 0 Å². The number of hydrogen-bond acceptors (Lipinski definition) is 3. The summed E-state index contributed by atoms with van der Waals surface area (Å²) in [5, 5.41) is 3.43. The lowest BCUT2D eigenvalue weighted by Crippen LogP contribution is -2.06. The molecule has 1 aromatic carbocycles. The third-order valence-electron chi connectivity index (χ3n) is 3.43. The summed E-state index contributed by atoms with van der Waals surface area (Å²) in [6, 6.07) is 8.39. The van der Waals surface area contributed by atoms with Crippen LogP contribution in [0.5, 0.6) is 0 Å². The number of nitrogens with two attached hydrogens (primary N) is 1. The maximum atomic E-state index is 5.75. The number of benzene rings is 1. The van der Waals surface area contributed by atoms with E-state index in [9.17, 15) is 0 Å². The van der Waals surface area contributed by atoms with Crippen molar-refractivity contribution < 1.29 is 0 Å². The van der Waals surface area contributed by atoms with E-state index in [1.807, 2.05) is 6.07 Å². The monoisotopic (exact) mass is 239 g/mol. The van der Waals surface area contributed by atoms with Gasteiger partial charge in [-0.25, -0.2) is 0 Å². The normalized spacial score (nSPS) is 14.0. The Labute approximate surface area is 107 Å². The van der Waals surface area contributed by atoms with E-state index in [4.69, 9.17) is 5.73 Å². The maximum absolute atomic E-state index is 5.75. The minimum Gasteiger partial charge on any atom is -0.397 e. The maximum Gasteiger partial charge on any atom is 0.0591 e. The van der Waals surface area contributed by atoms with Crippen LogP contribution in [0.1, 0.15) is 24.0 Å². The number of rotatable bonds is 2. The Morgan fingerprint density at radius 2 is 2.00 bits per heavy atom. The van der Waals surface area contributed by atoms with Gasteiger partial charge in [-0.2, -0.15) is 0 Å². The van der Waals surface area contributed by atoms with Crippen molar-refractivity contribution >= 4 is 17.1 Å². The van der Waals surface area contributed by atoms with E-state index < -0.39 is 0 Å². The van der Waals surface area contributed by atoms with Gasteiger partial charge < -0.3 is 11.1 Å². The van der Waals surface area contributed by atoms with Crippen LogP contribution in [0, 0.1) is 0 Å². The standard InChI is InChI=1S/C15H17N3/c16-12-8-13(10-17-9-12)18-15-7-3-5-11-4-1-2-6-14(11)15/h3,5,7-10,18H,1-2,4,6,16H2. The SMILES string of the molecule is Nc1cncc(Nc2cccc3c2CCCC3)c1. The van der Waals surface area contributed by atoms with Gasteiger partial charge in [0.05, 0.1) is 17.6 Å². The summed E-state index contributed by atoms with van der Waals surface area (Å²) in [7, 11) is 0. The van der Waals surface area contributed by atoms with Crippen LogP contribution in [0.4, 0.5) is 17.1 Å². The van der Waals surface area contributed by atoms with Gasteiger partial charge in [-0.1, -0.05) is 12.1 Å². The minimum atomic E-state index is 0.685. The Morgan fingerprint density at radius 3 is 2.89 bits per heavy atom. The molecule has 18 heavy (non-hydrogen) atoms. The fraction of sp³-hybridized carbons (Fsp3) is 0.267. The summed E-state index contributed by atoms with van der Waals surface area (Å²) in [6.45, 7) is 0. The number of fused-ring (bicyclic) bond motifs is 1. The molecule has 0 amide bonds. The van der Waals surface area contributed by atoms with Crippen LogP contribution in [0.15, 0.2) is 36.7 Å². The lowest BCUT2D eigenvalue weighted by molar-refractivity contribution is 0.687. The molecular weight excluding hydrogens is 222 g/mol. The molecule has 0 radical (unpaired) electrons. The van der Waals surface area contributed by atoms with Crippen molar-refractivity contribution in [2.24, 2.45) is 0 Å². The summed E-state index contributed by atoms with van der Waals surface area (Å²) < 4.78 is 0. The number of aromatic nitrogens is 1. The average molecular weight is 239 g/mol. The first-order chi connectivity index (χ1) is 8.83. The van der Waals surface area contributed by atoms with Gasteiger partial charge in [-0.05, 0) is 48.9 Å². The van der Waals surface area contributed by atoms with Gasteiger partial charge in [-0.3, -0.25) is 4.98 Å². The number of pyridine rings is 1. The van der Waals surface area contributed by atoms with Gasteiger partial charge >= 0.3 is 0 Å². The number of aryl methyl sites for hydroxylation is 1. The van der Waals surface area contributed by atoms with Gasteiger partial charge in [0.15, 0.2) is 0 Å². The highest BCUT2D eigenvalue weighted by molar-refractivity contribution is 5.66. The van der Waals surface area contributed by atoms with Crippen molar-refractivity contribution in [3.63, 3.8) is 0 Å². The number of hydrogen-bond donors (Lipinski definition) is 2. The van der Waals surface area contributed by atoms with E-state index in [-0.39, 0.29) is 0 Å². The molecule has 1 heterocycles. The van der Waals surface area contributed by atoms with E-state index >= 15 is 0 Å². The molecule has 0 saturated carbocycles. The van der Waals surface area contributed by atoms with Gasteiger partial charge in [0.1, 0.15) is 0 Å². The fourth-order valence-electron chi connectivity index (χ4n) is 2.58. The van der Waals surface area contributed by atoms with Crippen molar-refractivity contribution in [1.29, 1.82) is 0 Å². The molecule has 92 valence electrons. The summed E-state index contributed by atoms with van der Waals surface area (Å²) in [6.07, 6.45) is 8.40. The topological polar surface area (TPSA) is 50.9 Å². The molecular formula is C15H17N3. The molecule has 3 N–H and O–H groups in total. The first-order valence-electron chi connectivity index (χ1n) is 6.41. The zero-order chi connectivity index (χ0) is 12.4. The Balaban J connectivity index is 1.93. The molecule has 2 aromatic rings. The molecule has 3 nitrogen and oxygen atoms in total. The van der Waals surface area contributed by atoms with Crippen LogP contribution >= 0.6 is 0 Å². The quantitative estimate of drug-likeness (QED) is 0.845. The number of nitrogen functional groups attached to an aromatic ring is 1. The lowest BCUT2D eigenvalue weighted by Gasteiger charge is -2.20. The molecule has 0 bridgehead atoms. The van der Waals surface area contributed by atoms with Crippen molar-refractivity contribution in [2.75, 3.05) is 11.1 Å². The number of anilines is 3. The second kappa shape index (κ2) is 4.69. The summed E-state index contributed by atoms with van der Waals surface area (Å²) in [5.41, 5.74) is 11.5. The largest absolute Gasteiger partial charge is 0.397 e. The highest BCUT2D eigenvalue weighted by Crippen LogP contribution is 2.29. The molecule has 0 atom stereocenters. The first kappa shape index (κ1) is 11.1. The van der Waals surface area contributed by atoms with Crippen LogP contribution < -0.4 is 11.1 Å². The third kappa shape index (κ3) is 2.16. The van der Waals surface area contributed by atoms with Crippen LogP contribution in [-0.4, -0.2) is 4.98 Å². The fourth-order valence-corrected chi connectivity index (χ4v) is 2.58. The van der Waals surface area contributed by atoms with Gasteiger partial charge in [-0.15, -0.1) is 0 Å². The van der Waals surface area contributed by atoms with Gasteiger partial charge in [0, 0.05) is 11.9 Å². The Bertz CT molecular complexity index is 563. The summed E-state index contributed by atoms with van der Waals surface area (Å²) in [5.74, 6) is 0.